The molecule has 0 aromatic heterocycles. The molecule has 1 aliphatic carbocycles. The molecule has 0 aromatic carbocycles. The maximum atomic E-state index is 11.5. The maximum absolute atomic E-state index is 11.5. The van der Waals surface area contributed by atoms with Crippen LogP contribution < -0.4 is 5.73 Å². The fourth-order valence-electron chi connectivity index (χ4n) is 2.91. The van der Waals surface area contributed by atoms with Gasteiger partial charge in [0.15, 0.2) is 0 Å². The largest absolute Gasteiger partial charge is 0.377 e. The zero-order chi connectivity index (χ0) is 14.5. The van der Waals surface area contributed by atoms with Crippen LogP contribution in [0.3, 0.4) is 0 Å². The summed E-state index contributed by atoms with van der Waals surface area (Å²) in [6, 6.07) is -0.0583. The van der Waals surface area contributed by atoms with Gasteiger partial charge >= 0.3 is 0 Å². The monoisotopic (exact) mass is 291 g/mol. The van der Waals surface area contributed by atoms with Crippen molar-refractivity contribution >= 4 is 9.84 Å². The summed E-state index contributed by atoms with van der Waals surface area (Å²) in [5, 5.41) is 0. The van der Waals surface area contributed by atoms with Gasteiger partial charge in [-0.25, -0.2) is 8.42 Å². The highest BCUT2D eigenvalue weighted by molar-refractivity contribution is 7.91. The van der Waals surface area contributed by atoms with Crippen molar-refractivity contribution in [2.45, 2.75) is 64.0 Å². The Balaban J connectivity index is 2.48. The van der Waals surface area contributed by atoms with E-state index in [1.165, 1.54) is 0 Å². The molecule has 0 radical (unpaired) electrons. The fourth-order valence-corrected chi connectivity index (χ4v) is 3.80. The maximum Gasteiger partial charge on any atom is 0.150 e. The van der Waals surface area contributed by atoms with Crippen molar-refractivity contribution in [2.75, 3.05) is 18.6 Å². The third kappa shape index (κ3) is 4.72. The van der Waals surface area contributed by atoms with Gasteiger partial charge in [-0.15, -0.1) is 0 Å². The Labute approximate surface area is 118 Å². The Bertz CT molecular complexity index is 359. The Morgan fingerprint density at radius 3 is 2.42 bits per heavy atom. The van der Waals surface area contributed by atoms with Gasteiger partial charge in [0, 0.05) is 18.9 Å². The van der Waals surface area contributed by atoms with Gasteiger partial charge in [0.05, 0.1) is 11.4 Å². The summed E-state index contributed by atoms with van der Waals surface area (Å²) in [4.78, 5) is 0. The topological polar surface area (TPSA) is 69.4 Å². The van der Waals surface area contributed by atoms with Crippen LogP contribution in [0.1, 0.15) is 52.4 Å². The molecule has 1 unspecified atom stereocenters. The lowest BCUT2D eigenvalue weighted by Gasteiger charge is -2.42. The standard InChI is InChI=1S/C14H29NO3S/c1-4-19(16,17)11-5-6-13(15)14(18-3)9-7-12(2)8-10-14/h12-13H,4-11,15H2,1-3H3. The molecule has 0 heterocycles. The van der Waals surface area contributed by atoms with Gasteiger partial charge in [-0.3, -0.25) is 0 Å². The smallest absolute Gasteiger partial charge is 0.150 e. The zero-order valence-corrected chi connectivity index (χ0v) is 13.3. The highest BCUT2D eigenvalue weighted by Gasteiger charge is 2.39. The lowest BCUT2D eigenvalue weighted by Crippen LogP contribution is -2.51. The minimum Gasteiger partial charge on any atom is -0.377 e. The highest BCUT2D eigenvalue weighted by atomic mass is 32.2. The quantitative estimate of drug-likeness (QED) is 0.780. The van der Waals surface area contributed by atoms with Gasteiger partial charge < -0.3 is 10.5 Å². The van der Waals surface area contributed by atoms with E-state index in [0.29, 0.717) is 6.42 Å². The zero-order valence-electron chi connectivity index (χ0n) is 12.5. The van der Waals surface area contributed by atoms with Gasteiger partial charge in [0.25, 0.3) is 0 Å². The first-order valence-electron chi connectivity index (χ1n) is 7.36. The van der Waals surface area contributed by atoms with Gasteiger partial charge in [0.1, 0.15) is 9.84 Å². The van der Waals surface area contributed by atoms with E-state index < -0.39 is 9.84 Å². The summed E-state index contributed by atoms with van der Waals surface area (Å²) >= 11 is 0. The average molecular weight is 291 g/mol. The van der Waals surface area contributed by atoms with Crippen LogP contribution in [0.25, 0.3) is 0 Å². The highest BCUT2D eigenvalue weighted by Crippen LogP contribution is 2.37. The summed E-state index contributed by atoms with van der Waals surface area (Å²) in [6.07, 6.45) is 5.64. The van der Waals surface area contributed by atoms with Gasteiger partial charge in [-0.2, -0.15) is 0 Å². The number of sulfone groups is 1. The number of nitrogens with two attached hydrogens (primary N) is 1. The van der Waals surface area contributed by atoms with Crippen LogP contribution in [0.5, 0.6) is 0 Å². The van der Waals surface area contributed by atoms with Crippen LogP contribution in [0.4, 0.5) is 0 Å². The summed E-state index contributed by atoms with van der Waals surface area (Å²) in [6.45, 7) is 3.95. The van der Waals surface area contributed by atoms with E-state index in [-0.39, 0.29) is 23.1 Å². The summed E-state index contributed by atoms with van der Waals surface area (Å²) in [7, 11) is -1.14. The predicted octanol–water partition coefficient (Wildman–Crippen LogP) is 2.12. The van der Waals surface area contributed by atoms with Crippen molar-refractivity contribution in [3.05, 3.63) is 0 Å². The number of hydrogen-bond donors (Lipinski definition) is 1. The molecule has 0 spiro atoms. The molecule has 0 bridgehead atoms. The summed E-state index contributed by atoms with van der Waals surface area (Å²) in [5.41, 5.74) is 6.06. The molecule has 0 aromatic rings. The predicted molar refractivity (Wildman–Crippen MR) is 78.9 cm³/mol. The van der Waals surface area contributed by atoms with E-state index in [4.69, 9.17) is 10.5 Å². The molecule has 0 aliphatic heterocycles. The first kappa shape index (κ1) is 16.9. The Kier molecular flexibility index (Phi) is 6.27. The molecule has 0 amide bonds. The van der Waals surface area contributed by atoms with E-state index >= 15 is 0 Å². The molecule has 19 heavy (non-hydrogen) atoms. The fraction of sp³-hybridized carbons (Fsp3) is 1.00. The molecule has 114 valence electrons. The first-order chi connectivity index (χ1) is 8.85. The first-order valence-corrected chi connectivity index (χ1v) is 9.18. The Hall–Kier alpha value is -0.130. The third-order valence-electron chi connectivity index (χ3n) is 4.61. The SMILES string of the molecule is CCS(=O)(=O)CCCC(N)C1(OC)CCC(C)CC1. The van der Waals surface area contributed by atoms with Crippen LogP contribution in [0.2, 0.25) is 0 Å². The van der Waals surface area contributed by atoms with Crippen LogP contribution in [-0.2, 0) is 14.6 Å². The van der Waals surface area contributed by atoms with Crippen molar-refractivity contribution in [3.63, 3.8) is 0 Å². The van der Waals surface area contributed by atoms with Crippen LogP contribution in [0.15, 0.2) is 0 Å². The Morgan fingerprint density at radius 2 is 1.95 bits per heavy atom. The number of ether oxygens (including phenoxy) is 1. The van der Waals surface area contributed by atoms with Crippen LogP contribution in [-0.4, -0.2) is 38.7 Å². The number of rotatable bonds is 7. The lowest BCUT2D eigenvalue weighted by molar-refractivity contribution is -0.0677. The van der Waals surface area contributed by atoms with Crippen molar-refractivity contribution in [2.24, 2.45) is 11.7 Å². The van der Waals surface area contributed by atoms with E-state index in [1.807, 2.05) is 0 Å². The molecule has 2 N–H and O–H groups in total. The Morgan fingerprint density at radius 1 is 1.37 bits per heavy atom. The average Bonchev–Trinajstić information content (AvgIpc) is 2.39. The number of hydrogen-bond acceptors (Lipinski definition) is 4. The summed E-state index contributed by atoms with van der Waals surface area (Å²) in [5.74, 6) is 1.21. The van der Waals surface area contributed by atoms with Crippen LogP contribution >= 0.6 is 0 Å². The summed E-state index contributed by atoms with van der Waals surface area (Å²) < 4.78 is 28.7. The molecule has 0 saturated heterocycles. The second-order valence-corrected chi connectivity index (χ2v) is 8.41. The molecule has 1 fully saturated rings. The van der Waals surface area contributed by atoms with E-state index in [2.05, 4.69) is 6.92 Å². The molecular formula is C14H29NO3S. The van der Waals surface area contributed by atoms with E-state index in [9.17, 15) is 8.42 Å². The van der Waals surface area contributed by atoms with Gasteiger partial charge in [-0.1, -0.05) is 13.8 Å². The molecule has 1 rings (SSSR count). The molecular weight excluding hydrogens is 262 g/mol. The molecule has 1 atom stereocenters. The van der Waals surface area contributed by atoms with E-state index in [1.54, 1.807) is 14.0 Å². The van der Waals surface area contributed by atoms with Crippen molar-refractivity contribution < 1.29 is 13.2 Å². The molecule has 5 heteroatoms. The minimum atomic E-state index is -2.88. The number of methoxy groups -OCH3 is 1. The van der Waals surface area contributed by atoms with Crippen molar-refractivity contribution in [1.82, 2.24) is 0 Å². The third-order valence-corrected chi connectivity index (χ3v) is 6.40. The molecule has 1 aliphatic rings. The van der Waals surface area contributed by atoms with Crippen LogP contribution in [0, 0.1) is 5.92 Å². The van der Waals surface area contributed by atoms with Gasteiger partial charge in [0.2, 0.25) is 0 Å². The minimum absolute atomic E-state index is 0.0583. The van der Waals surface area contributed by atoms with Gasteiger partial charge in [-0.05, 0) is 44.4 Å². The molecule has 1 saturated carbocycles. The van der Waals surface area contributed by atoms with E-state index in [0.717, 1.165) is 38.0 Å². The second-order valence-electron chi connectivity index (χ2n) is 5.94. The lowest BCUT2D eigenvalue weighted by atomic mass is 9.74. The van der Waals surface area contributed by atoms with Crippen molar-refractivity contribution in [3.8, 4) is 0 Å². The van der Waals surface area contributed by atoms with Crippen molar-refractivity contribution in [1.29, 1.82) is 0 Å². The molecule has 4 nitrogen and oxygen atoms in total. The normalized spacial score (nSPS) is 30.2. The second kappa shape index (κ2) is 7.04.